The third-order valence-electron chi connectivity index (χ3n) is 4.90. The van der Waals surface area contributed by atoms with Crippen molar-refractivity contribution in [2.45, 2.75) is 18.8 Å². The first-order chi connectivity index (χ1) is 12.1. The van der Waals surface area contributed by atoms with Gasteiger partial charge in [-0.2, -0.15) is 0 Å². The monoisotopic (exact) mass is 356 g/mol. The Bertz CT molecular complexity index is 928. The molecular weight excluding hydrogens is 339 g/mol. The molecule has 5 heteroatoms. The zero-order valence-electron chi connectivity index (χ0n) is 13.6. The number of likely N-dealkylation sites (tertiary alicyclic amines) is 1. The van der Waals surface area contributed by atoms with Crippen molar-refractivity contribution in [2.24, 2.45) is 0 Å². The molecule has 2 heterocycles. The highest BCUT2D eigenvalue weighted by Gasteiger charge is 2.25. The number of amides is 1. The van der Waals surface area contributed by atoms with Gasteiger partial charge in [-0.3, -0.25) is 4.79 Å². The summed E-state index contributed by atoms with van der Waals surface area (Å²) in [6, 6.07) is 13.9. The lowest BCUT2D eigenvalue weighted by Crippen LogP contribution is -2.38. The smallest absolute Gasteiger partial charge is 0.253 e. The number of piperidine rings is 1. The van der Waals surface area contributed by atoms with E-state index in [1.165, 1.54) is 17.8 Å². The van der Waals surface area contributed by atoms with Gasteiger partial charge in [-0.25, -0.2) is 4.39 Å². The molecule has 2 aromatic carbocycles. The van der Waals surface area contributed by atoms with Gasteiger partial charge < -0.3 is 9.88 Å². The Balaban J connectivity index is 1.46. The van der Waals surface area contributed by atoms with Crippen LogP contribution in [-0.4, -0.2) is 28.9 Å². The molecule has 4 rings (SSSR count). The van der Waals surface area contributed by atoms with Gasteiger partial charge in [0, 0.05) is 46.2 Å². The zero-order chi connectivity index (χ0) is 17.4. The van der Waals surface area contributed by atoms with Gasteiger partial charge in [-0.1, -0.05) is 17.7 Å². The van der Waals surface area contributed by atoms with Crippen molar-refractivity contribution in [3.05, 3.63) is 70.6 Å². The molecule has 1 aliphatic rings. The molecule has 0 spiro atoms. The van der Waals surface area contributed by atoms with Crippen molar-refractivity contribution < 1.29 is 9.18 Å². The molecule has 1 saturated heterocycles. The van der Waals surface area contributed by atoms with Crippen molar-refractivity contribution in [1.29, 1.82) is 0 Å². The van der Waals surface area contributed by atoms with E-state index in [4.69, 9.17) is 11.6 Å². The maximum absolute atomic E-state index is 13.3. The van der Waals surface area contributed by atoms with E-state index in [1.807, 2.05) is 23.1 Å². The minimum absolute atomic E-state index is 0.0959. The highest BCUT2D eigenvalue weighted by atomic mass is 35.5. The number of nitrogens with one attached hydrogen (secondary N) is 1. The van der Waals surface area contributed by atoms with E-state index in [9.17, 15) is 9.18 Å². The fraction of sp³-hybridized carbons (Fsp3) is 0.250. The lowest BCUT2D eigenvalue weighted by Gasteiger charge is -2.31. The minimum atomic E-state index is -0.377. The molecule has 1 aromatic heterocycles. The van der Waals surface area contributed by atoms with Crippen molar-refractivity contribution in [3.8, 4) is 0 Å². The molecule has 0 atom stereocenters. The molecule has 25 heavy (non-hydrogen) atoms. The predicted octanol–water partition coefficient (Wildman–Crippen LogP) is 4.98. The number of benzene rings is 2. The van der Waals surface area contributed by atoms with Crippen molar-refractivity contribution in [1.82, 2.24) is 9.88 Å². The van der Waals surface area contributed by atoms with Gasteiger partial charge in [0.25, 0.3) is 5.91 Å². The van der Waals surface area contributed by atoms with Crippen LogP contribution in [0.4, 0.5) is 4.39 Å². The Kier molecular flexibility index (Phi) is 4.22. The van der Waals surface area contributed by atoms with Gasteiger partial charge in [0.2, 0.25) is 0 Å². The van der Waals surface area contributed by atoms with Crippen LogP contribution in [0.15, 0.2) is 48.5 Å². The lowest BCUT2D eigenvalue weighted by molar-refractivity contribution is 0.0711. The summed E-state index contributed by atoms with van der Waals surface area (Å²) >= 11 is 6.05. The first kappa shape index (κ1) is 16.2. The van der Waals surface area contributed by atoms with Gasteiger partial charge in [-0.05, 0) is 55.3 Å². The summed E-state index contributed by atoms with van der Waals surface area (Å²) in [5.74, 6) is -0.0819. The van der Waals surface area contributed by atoms with E-state index in [0.29, 0.717) is 24.6 Å². The van der Waals surface area contributed by atoms with Gasteiger partial charge >= 0.3 is 0 Å². The Labute approximate surface area is 150 Å². The molecule has 0 unspecified atom stereocenters. The van der Waals surface area contributed by atoms with Crippen LogP contribution in [0.1, 0.15) is 34.8 Å². The van der Waals surface area contributed by atoms with Crippen LogP contribution in [0.25, 0.3) is 10.9 Å². The van der Waals surface area contributed by atoms with Gasteiger partial charge in [0.1, 0.15) is 5.82 Å². The molecule has 0 saturated carbocycles. The third kappa shape index (κ3) is 3.27. The maximum atomic E-state index is 13.3. The fourth-order valence-electron chi connectivity index (χ4n) is 3.54. The van der Waals surface area contributed by atoms with Crippen molar-refractivity contribution >= 4 is 28.4 Å². The molecule has 3 nitrogen and oxygen atoms in total. The number of carbonyl (C=O) groups is 1. The van der Waals surface area contributed by atoms with Crippen LogP contribution in [0.2, 0.25) is 5.02 Å². The number of halogens is 2. The van der Waals surface area contributed by atoms with Gasteiger partial charge in [-0.15, -0.1) is 0 Å². The lowest BCUT2D eigenvalue weighted by atomic mass is 9.93. The molecule has 1 aliphatic heterocycles. The van der Waals surface area contributed by atoms with Crippen molar-refractivity contribution in [3.63, 3.8) is 0 Å². The first-order valence-corrected chi connectivity index (χ1v) is 8.81. The molecule has 1 fully saturated rings. The SMILES string of the molecule is O=C(c1cccc(F)c1)N1CCC(c2cc3cc(Cl)ccc3[nH]2)CC1. The molecule has 1 N–H and O–H groups in total. The van der Waals surface area contributed by atoms with Crippen LogP contribution in [0.5, 0.6) is 0 Å². The second-order valence-electron chi connectivity index (χ2n) is 6.53. The average molecular weight is 357 g/mol. The van der Waals surface area contributed by atoms with E-state index in [1.54, 1.807) is 12.1 Å². The highest BCUT2D eigenvalue weighted by Crippen LogP contribution is 2.31. The van der Waals surface area contributed by atoms with Gasteiger partial charge in [0.15, 0.2) is 0 Å². The topological polar surface area (TPSA) is 36.1 Å². The van der Waals surface area contributed by atoms with Crippen LogP contribution in [-0.2, 0) is 0 Å². The second kappa shape index (κ2) is 6.52. The van der Waals surface area contributed by atoms with E-state index >= 15 is 0 Å². The second-order valence-corrected chi connectivity index (χ2v) is 6.97. The number of H-pyrrole nitrogens is 1. The Morgan fingerprint density at radius 3 is 2.68 bits per heavy atom. The molecule has 0 bridgehead atoms. The van der Waals surface area contributed by atoms with Crippen LogP contribution in [0, 0.1) is 5.82 Å². The molecule has 0 aliphatic carbocycles. The number of hydrogen-bond acceptors (Lipinski definition) is 1. The predicted molar refractivity (Wildman–Crippen MR) is 97.6 cm³/mol. The first-order valence-electron chi connectivity index (χ1n) is 8.43. The Morgan fingerprint density at radius 2 is 1.92 bits per heavy atom. The molecule has 1 amide bonds. The Morgan fingerprint density at radius 1 is 1.12 bits per heavy atom. The fourth-order valence-corrected chi connectivity index (χ4v) is 3.72. The number of rotatable bonds is 2. The van der Waals surface area contributed by atoms with E-state index in [2.05, 4.69) is 11.1 Å². The number of aromatic nitrogens is 1. The molecule has 0 radical (unpaired) electrons. The van der Waals surface area contributed by atoms with Gasteiger partial charge in [0.05, 0.1) is 0 Å². The number of aromatic amines is 1. The van der Waals surface area contributed by atoms with Crippen LogP contribution < -0.4 is 0 Å². The van der Waals surface area contributed by atoms with E-state index < -0.39 is 0 Å². The largest absolute Gasteiger partial charge is 0.358 e. The summed E-state index contributed by atoms with van der Waals surface area (Å²) in [5, 5.41) is 1.84. The number of nitrogens with zero attached hydrogens (tertiary/aromatic N) is 1. The number of fused-ring (bicyclic) bond motifs is 1. The van der Waals surface area contributed by atoms with E-state index in [-0.39, 0.29) is 11.7 Å². The normalized spacial score (nSPS) is 15.7. The summed E-state index contributed by atoms with van der Waals surface area (Å²) < 4.78 is 13.3. The highest BCUT2D eigenvalue weighted by molar-refractivity contribution is 6.31. The average Bonchev–Trinajstić information content (AvgIpc) is 3.04. The Hall–Kier alpha value is -2.33. The minimum Gasteiger partial charge on any atom is -0.358 e. The quantitative estimate of drug-likeness (QED) is 0.690. The summed E-state index contributed by atoms with van der Waals surface area (Å²) in [7, 11) is 0. The third-order valence-corrected chi connectivity index (χ3v) is 5.13. The summed E-state index contributed by atoms with van der Waals surface area (Å²) in [6.45, 7) is 1.35. The number of carbonyl (C=O) groups excluding carboxylic acids is 1. The zero-order valence-corrected chi connectivity index (χ0v) is 14.4. The summed E-state index contributed by atoms with van der Waals surface area (Å²) in [5.41, 5.74) is 2.69. The maximum Gasteiger partial charge on any atom is 0.253 e. The summed E-state index contributed by atoms with van der Waals surface area (Å²) in [4.78, 5) is 17.8. The molecule has 3 aromatic rings. The molecule has 128 valence electrons. The van der Waals surface area contributed by atoms with Crippen LogP contribution in [0.3, 0.4) is 0 Å². The van der Waals surface area contributed by atoms with Crippen LogP contribution >= 0.6 is 11.6 Å². The van der Waals surface area contributed by atoms with Crippen molar-refractivity contribution in [2.75, 3.05) is 13.1 Å². The standard InChI is InChI=1S/C20H18ClFN2O/c21-16-4-5-18-15(10-16)12-19(23-18)13-6-8-24(9-7-13)20(25)14-2-1-3-17(22)11-14/h1-5,10-13,23H,6-9H2. The summed E-state index contributed by atoms with van der Waals surface area (Å²) in [6.07, 6.45) is 1.78. The van der Waals surface area contributed by atoms with E-state index in [0.717, 1.165) is 28.8 Å². The molecular formula is C20H18ClFN2O. The number of hydrogen-bond donors (Lipinski definition) is 1.